The molecule has 1 heterocycles. The first-order valence-electron chi connectivity index (χ1n) is 8.42. The molecule has 0 amide bonds. The highest BCUT2D eigenvalue weighted by molar-refractivity contribution is 7.81. The molecule has 4 atom stereocenters. The first kappa shape index (κ1) is 16.9. The number of ether oxygens (including phenoxy) is 2. The summed E-state index contributed by atoms with van der Waals surface area (Å²) in [7, 11) is 0. The van der Waals surface area contributed by atoms with Crippen LogP contribution in [0.5, 0.6) is 0 Å². The summed E-state index contributed by atoms with van der Waals surface area (Å²) in [6, 6.07) is 7.82. The van der Waals surface area contributed by atoms with Crippen LogP contribution in [0.2, 0.25) is 5.02 Å². The van der Waals surface area contributed by atoms with Gasteiger partial charge in [0.1, 0.15) is 6.10 Å². The van der Waals surface area contributed by atoms with E-state index in [-0.39, 0.29) is 18.1 Å². The van der Waals surface area contributed by atoms with Crippen molar-refractivity contribution in [2.24, 2.45) is 11.8 Å². The molecular formula is C19H23ClO2S. The Bertz CT molecular complexity index is 613. The third kappa shape index (κ3) is 3.33. The van der Waals surface area contributed by atoms with Crippen LogP contribution in [0.4, 0.5) is 0 Å². The van der Waals surface area contributed by atoms with Crippen molar-refractivity contribution < 1.29 is 9.47 Å². The maximum Gasteiger partial charge on any atom is 0.108 e. The first-order chi connectivity index (χ1) is 11.2. The van der Waals surface area contributed by atoms with Crippen molar-refractivity contribution in [1.29, 1.82) is 0 Å². The molecule has 1 aliphatic heterocycles. The zero-order valence-corrected chi connectivity index (χ0v) is 15.2. The Kier molecular flexibility index (Phi) is 5.40. The minimum absolute atomic E-state index is 0.132. The third-order valence-electron chi connectivity index (χ3n) is 5.03. The van der Waals surface area contributed by atoms with E-state index in [0.717, 1.165) is 46.9 Å². The second-order valence-electron chi connectivity index (χ2n) is 6.29. The Morgan fingerprint density at radius 1 is 1.26 bits per heavy atom. The normalized spacial score (nSPS) is 30.4. The van der Waals surface area contributed by atoms with Gasteiger partial charge in [0.25, 0.3) is 0 Å². The van der Waals surface area contributed by atoms with E-state index in [0.29, 0.717) is 5.92 Å². The van der Waals surface area contributed by atoms with Crippen molar-refractivity contribution >= 4 is 34.3 Å². The quantitative estimate of drug-likeness (QED) is 0.687. The fourth-order valence-electron chi connectivity index (χ4n) is 3.78. The van der Waals surface area contributed by atoms with E-state index in [1.54, 1.807) is 6.26 Å². The Morgan fingerprint density at radius 2 is 2.04 bits per heavy atom. The smallest absolute Gasteiger partial charge is 0.108 e. The fourth-order valence-corrected chi connectivity index (χ4v) is 4.42. The van der Waals surface area contributed by atoms with Crippen molar-refractivity contribution in [1.82, 2.24) is 0 Å². The predicted molar refractivity (Wildman–Crippen MR) is 98.8 cm³/mol. The zero-order chi connectivity index (χ0) is 16.4. The lowest BCUT2D eigenvalue weighted by molar-refractivity contribution is -0.0618. The molecule has 1 aromatic rings. The standard InChI is InChI=1S/C19H23ClO2S/c1-3-12-9-14-18(10-17(12)21-4-2)22-11-15(19(14)23)13-7-5-6-8-16(13)20/h5-8,11-12,14,17-18H,3-4,9-10H2,1-2H3. The zero-order valence-electron chi connectivity index (χ0n) is 13.6. The van der Waals surface area contributed by atoms with Gasteiger partial charge in [-0.25, -0.2) is 0 Å². The Morgan fingerprint density at radius 3 is 2.74 bits per heavy atom. The van der Waals surface area contributed by atoms with Crippen LogP contribution in [-0.4, -0.2) is 23.7 Å². The highest BCUT2D eigenvalue weighted by Gasteiger charge is 2.42. The summed E-state index contributed by atoms with van der Waals surface area (Å²) in [6.45, 7) is 5.04. The van der Waals surface area contributed by atoms with Crippen LogP contribution in [0, 0.1) is 11.8 Å². The number of hydrogen-bond acceptors (Lipinski definition) is 3. The lowest BCUT2D eigenvalue weighted by Gasteiger charge is -2.43. The number of fused-ring (bicyclic) bond motifs is 1. The lowest BCUT2D eigenvalue weighted by atomic mass is 9.72. The largest absolute Gasteiger partial charge is 0.497 e. The van der Waals surface area contributed by atoms with Crippen LogP contribution < -0.4 is 0 Å². The van der Waals surface area contributed by atoms with Crippen LogP contribution >= 0.6 is 23.8 Å². The maximum absolute atomic E-state index is 6.34. The van der Waals surface area contributed by atoms with Gasteiger partial charge in [0.05, 0.1) is 12.4 Å². The van der Waals surface area contributed by atoms with Crippen LogP contribution in [0.3, 0.4) is 0 Å². The van der Waals surface area contributed by atoms with Crippen LogP contribution in [0.15, 0.2) is 30.5 Å². The SMILES string of the molecule is CCOC1CC2OC=C(c3ccccc3Cl)C(=S)C2CC1CC. The molecule has 0 saturated heterocycles. The molecule has 23 heavy (non-hydrogen) atoms. The summed E-state index contributed by atoms with van der Waals surface area (Å²) in [5.41, 5.74) is 1.94. The van der Waals surface area contributed by atoms with Crippen molar-refractivity contribution in [2.45, 2.75) is 45.3 Å². The average molecular weight is 351 g/mol. The minimum Gasteiger partial charge on any atom is -0.497 e. The van der Waals surface area contributed by atoms with Crippen LogP contribution in [0.1, 0.15) is 38.7 Å². The van der Waals surface area contributed by atoms with Gasteiger partial charge >= 0.3 is 0 Å². The maximum atomic E-state index is 6.34. The van der Waals surface area contributed by atoms with E-state index in [9.17, 15) is 0 Å². The number of thiocarbonyl (C=S) groups is 1. The van der Waals surface area contributed by atoms with Crippen molar-refractivity contribution in [3.63, 3.8) is 0 Å². The topological polar surface area (TPSA) is 18.5 Å². The summed E-state index contributed by atoms with van der Waals surface area (Å²) in [6.07, 6.45) is 5.29. The van der Waals surface area contributed by atoms with E-state index in [1.807, 2.05) is 24.3 Å². The summed E-state index contributed by atoms with van der Waals surface area (Å²) in [5.74, 6) is 0.825. The number of rotatable bonds is 4. The van der Waals surface area contributed by atoms with Crippen molar-refractivity contribution in [3.05, 3.63) is 41.1 Å². The second-order valence-corrected chi connectivity index (χ2v) is 7.14. The molecule has 4 unspecified atom stereocenters. The van der Waals surface area contributed by atoms with E-state index in [4.69, 9.17) is 33.3 Å². The molecule has 2 nitrogen and oxygen atoms in total. The lowest BCUT2D eigenvalue weighted by Crippen LogP contribution is -2.45. The van der Waals surface area contributed by atoms with Gasteiger partial charge in [-0.2, -0.15) is 0 Å². The van der Waals surface area contributed by atoms with Gasteiger partial charge in [-0.15, -0.1) is 0 Å². The van der Waals surface area contributed by atoms with Gasteiger partial charge in [-0.05, 0) is 25.3 Å². The van der Waals surface area contributed by atoms with E-state index >= 15 is 0 Å². The Labute approximate surface area is 148 Å². The molecule has 0 bridgehead atoms. The van der Waals surface area contributed by atoms with Gasteiger partial charge in [-0.3, -0.25) is 0 Å². The number of hydrogen-bond donors (Lipinski definition) is 0. The number of allylic oxidation sites excluding steroid dienone is 1. The van der Waals surface area contributed by atoms with E-state index in [1.165, 1.54) is 0 Å². The molecule has 124 valence electrons. The van der Waals surface area contributed by atoms with Gasteiger partial charge in [-0.1, -0.05) is 55.4 Å². The molecule has 3 rings (SSSR count). The molecule has 0 aromatic heterocycles. The van der Waals surface area contributed by atoms with Gasteiger partial charge in [0.2, 0.25) is 0 Å². The molecule has 1 aromatic carbocycles. The monoisotopic (exact) mass is 350 g/mol. The van der Waals surface area contributed by atoms with E-state index < -0.39 is 0 Å². The van der Waals surface area contributed by atoms with Gasteiger partial charge in [0.15, 0.2) is 0 Å². The Balaban J connectivity index is 1.85. The van der Waals surface area contributed by atoms with Crippen LogP contribution in [0.25, 0.3) is 5.57 Å². The third-order valence-corrected chi connectivity index (χ3v) is 5.88. The molecule has 4 heteroatoms. The number of benzene rings is 1. The fraction of sp³-hybridized carbons (Fsp3) is 0.526. The highest BCUT2D eigenvalue weighted by Crippen LogP contribution is 2.42. The molecule has 1 saturated carbocycles. The summed E-state index contributed by atoms with van der Waals surface area (Å²) >= 11 is 12.2. The Hall–Kier alpha value is -0.900. The van der Waals surface area contributed by atoms with Crippen molar-refractivity contribution in [2.75, 3.05) is 6.61 Å². The van der Waals surface area contributed by atoms with Gasteiger partial charge < -0.3 is 9.47 Å². The molecule has 0 radical (unpaired) electrons. The second kappa shape index (κ2) is 7.33. The van der Waals surface area contributed by atoms with Crippen LogP contribution in [-0.2, 0) is 9.47 Å². The predicted octanol–water partition coefficient (Wildman–Crippen LogP) is 5.29. The number of halogens is 1. The molecule has 0 spiro atoms. The average Bonchev–Trinajstić information content (AvgIpc) is 2.56. The van der Waals surface area contributed by atoms with Gasteiger partial charge in [0, 0.05) is 40.0 Å². The minimum atomic E-state index is 0.132. The molecule has 0 N–H and O–H groups in total. The molecule has 1 aliphatic carbocycles. The summed E-state index contributed by atoms with van der Waals surface area (Å²) in [4.78, 5) is 0.989. The molecular weight excluding hydrogens is 328 g/mol. The summed E-state index contributed by atoms with van der Waals surface area (Å²) < 4.78 is 12.0. The highest BCUT2D eigenvalue weighted by atomic mass is 35.5. The molecule has 2 aliphatic rings. The molecule has 1 fully saturated rings. The summed E-state index contributed by atoms with van der Waals surface area (Å²) in [5, 5.41) is 0.721. The van der Waals surface area contributed by atoms with Crippen molar-refractivity contribution in [3.8, 4) is 0 Å². The first-order valence-corrected chi connectivity index (χ1v) is 9.20. The van der Waals surface area contributed by atoms with E-state index in [2.05, 4.69) is 13.8 Å².